The molecule has 246 valence electrons. The van der Waals surface area contributed by atoms with Gasteiger partial charge in [-0.2, -0.15) is 0 Å². The van der Waals surface area contributed by atoms with Crippen molar-refractivity contribution in [3.05, 3.63) is 87.3 Å². The molecule has 0 unspecified atom stereocenters. The summed E-state index contributed by atoms with van der Waals surface area (Å²) in [5.41, 5.74) is 10.0. The number of fused-ring (bicyclic) bond motifs is 1. The molecular weight excluding hydrogens is 587 g/mol. The maximum absolute atomic E-state index is 13.6. The monoisotopic (exact) mass is 639 g/mol. The molecule has 0 amide bonds. The zero-order chi connectivity index (χ0) is 33.7. The number of ether oxygens (including phenoxy) is 1. The van der Waals surface area contributed by atoms with E-state index < -0.39 is 6.79 Å². The van der Waals surface area contributed by atoms with Crippen LogP contribution in [0.3, 0.4) is 0 Å². The van der Waals surface area contributed by atoms with Crippen molar-refractivity contribution in [1.29, 1.82) is 0 Å². The van der Waals surface area contributed by atoms with Crippen LogP contribution in [-0.2, 0) is 0 Å². The molecule has 1 aliphatic heterocycles. The minimum Gasteiger partial charge on any atom is -0.493 e. The van der Waals surface area contributed by atoms with E-state index in [1.165, 1.54) is 71.4 Å². The lowest BCUT2D eigenvalue weighted by atomic mass is 9.85. The molecule has 3 aromatic carbocycles. The average molecular weight is 640 g/mol. The van der Waals surface area contributed by atoms with Crippen molar-refractivity contribution in [2.24, 2.45) is 0 Å². The highest BCUT2D eigenvalue weighted by atomic mass is 35.5. The minimum absolute atomic E-state index is 0.233. The molecular formula is C38H53ClFN2O3+. The summed E-state index contributed by atoms with van der Waals surface area (Å²) in [6.07, 6.45) is 3.07. The van der Waals surface area contributed by atoms with E-state index in [0.29, 0.717) is 6.61 Å². The third-order valence-corrected chi connectivity index (χ3v) is 8.70. The molecule has 0 bridgehead atoms. The van der Waals surface area contributed by atoms with Crippen molar-refractivity contribution >= 4 is 39.2 Å². The standard InChI is InChI=1S/C30H32ClFNO.C7H17N.CH4O2/c1-18(2)24(10-8-16-34-28-11-7-9-22-17-23(32)12-13-26(22)28)25-14-15-27(31)29(19(25)3)30-20(4)33(6)21(30)5;1-4-7-8(5-2)6-3;2-1-3/h7,9,11-15,17H,8,10,16H2,1-6H3;4-7H2,1-3H3;2-3H,1H2/q+1;;. The SMILES string of the molecule is CC(C)=C(CCCOc1cccc2cc(F)ccc12)c1ccc(Cl)c(C2=C(C)[N+](C)=C2C)c1C.CCCN(CC)CC.OCO. The summed E-state index contributed by atoms with van der Waals surface area (Å²) in [7, 11) is 2.09. The predicted molar refractivity (Wildman–Crippen MR) is 190 cm³/mol. The third kappa shape index (κ3) is 9.98. The van der Waals surface area contributed by atoms with Crippen LogP contribution in [0, 0.1) is 12.7 Å². The van der Waals surface area contributed by atoms with Crippen LogP contribution in [0.2, 0.25) is 5.02 Å². The second-order valence-electron chi connectivity index (χ2n) is 11.4. The van der Waals surface area contributed by atoms with E-state index in [-0.39, 0.29) is 5.82 Å². The van der Waals surface area contributed by atoms with E-state index in [0.717, 1.165) is 39.9 Å². The highest BCUT2D eigenvalue weighted by Crippen LogP contribution is 2.39. The number of halogens is 2. The topological polar surface area (TPSA) is 55.9 Å². The fourth-order valence-corrected chi connectivity index (χ4v) is 6.06. The largest absolute Gasteiger partial charge is 0.493 e. The van der Waals surface area contributed by atoms with Gasteiger partial charge in [-0.25, -0.2) is 8.97 Å². The lowest BCUT2D eigenvalue weighted by Gasteiger charge is -2.22. The van der Waals surface area contributed by atoms with Crippen molar-refractivity contribution in [3.63, 3.8) is 0 Å². The molecule has 45 heavy (non-hydrogen) atoms. The van der Waals surface area contributed by atoms with Gasteiger partial charge in [0.05, 0.1) is 6.61 Å². The molecule has 0 saturated heterocycles. The molecule has 0 spiro atoms. The normalized spacial score (nSPS) is 12.4. The molecule has 2 N–H and O–H groups in total. The van der Waals surface area contributed by atoms with Crippen LogP contribution in [-0.4, -0.2) is 65.5 Å². The summed E-state index contributed by atoms with van der Waals surface area (Å²) in [6.45, 7) is 20.9. The van der Waals surface area contributed by atoms with Gasteiger partial charge < -0.3 is 19.8 Å². The van der Waals surface area contributed by atoms with Gasteiger partial charge >= 0.3 is 0 Å². The van der Waals surface area contributed by atoms with Crippen LogP contribution < -0.4 is 4.74 Å². The van der Waals surface area contributed by atoms with Gasteiger partial charge in [0.1, 0.15) is 31.0 Å². The first kappa shape index (κ1) is 38.2. The van der Waals surface area contributed by atoms with Gasteiger partial charge in [0.15, 0.2) is 11.4 Å². The Bertz CT molecular complexity index is 1520. The van der Waals surface area contributed by atoms with Crippen molar-refractivity contribution in [2.75, 3.05) is 40.1 Å². The highest BCUT2D eigenvalue weighted by molar-refractivity contribution is 6.36. The summed E-state index contributed by atoms with van der Waals surface area (Å²) in [4.78, 5) is 2.43. The van der Waals surface area contributed by atoms with Gasteiger partial charge in [0, 0.05) is 29.8 Å². The molecule has 7 heteroatoms. The van der Waals surface area contributed by atoms with Crippen LogP contribution in [0.4, 0.5) is 4.39 Å². The first-order valence-electron chi connectivity index (χ1n) is 16.0. The van der Waals surface area contributed by atoms with Gasteiger partial charge in [-0.15, -0.1) is 0 Å². The smallest absolute Gasteiger partial charge is 0.192 e. The van der Waals surface area contributed by atoms with Crippen molar-refractivity contribution < 1.29 is 23.9 Å². The fraction of sp³-hybridized carbons (Fsp3) is 0.447. The number of nitrogens with zero attached hydrogens (tertiary/aromatic N) is 2. The third-order valence-electron chi connectivity index (χ3n) is 8.39. The lowest BCUT2D eigenvalue weighted by molar-refractivity contribution is -0.451. The summed E-state index contributed by atoms with van der Waals surface area (Å²) < 4.78 is 21.9. The van der Waals surface area contributed by atoms with E-state index >= 15 is 0 Å². The minimum atomic E-state index is -0.750. The van der Waals surface area contributed by atoms with E-state index in [9.17, 15) is 4.39 Å². The Hall–Kier alpha value is -3.03. The van der Waals surface area contributed by atoms with Crippen molar-refractivity contribution in [2.45, 2.75) is 74.7 Å². The van der Waals surface area contributed by atoms with E-state index in [1.807, 2.05) is 24.3 Å². The molecule has 3 aromatic rings. The maximum Gasteiger partial charge on any atom is 0.192 e. The number of hydrogen-bond donors (Lipinski definition) is 2. The second-order valence-corrected chi connectivity index (χ2v) is 11.8. The number of aliphatic hydroxyl groups is 2. The Kier molecular flexibility index (Phi) is 16.0. The van der Waals surface area contributed by atoms with E-state index in [4.69, 9.17) is 26.6 Å². The van der Waals surface area contributed by atoms with Gasteiger partial charge in [-0.3, -0.25) is 0 Å². The van der Waals surface area contributed by atoms with Crippen LogP contribution in [0.1, 0.15) is 84.4 Å². The Morgan fingerprint density at radius 2 is 1.64 bits per heavy atom. The number of allylic oxidation sites excluding steroid dienone is 4. The molecule has 0 saturated carbocycles. The molecule has 4 rings (SSSR count). The highest BCUT2D eigenvalue weighted by Gasteiger charge is 2.33. The summed E-state index contributed by atoms with van der Waals surface area (Å²) in [6, 6.07) is 14.7. The number of benzene rings is 3. The van der Waals surface area contributed by atoms with Crippen molar-refractivity contribution in [1.82, 2.24) is 4.90 Å². The number of rotatable bonds is 11. The number of hydrogen-bond acceptors (Lipinski definition) is 4. The van der Waals surface area contributed by atoms with Gasteiger partial charge in [0.2, 0.25) is 0 Å². The van der Waals surface area contributed by atoms with Crippen LogP contribution >= 0.6 is 11.6 Å². The van der Waals surface area contributed by atoms with E-state index in [2.05, 4.69) is 78.0 Å². The van der Waals surface area contributed by atoms with Crippen LogP contribution in [0.25, 0.3) is 21.9 Å². The molecule has 1 aliphatic rings. The van der Waals surface area contributed by atoms with Crippen LogP contribution in [0.5, 0.6) is 5.75 Å². The zero-order valence-corrected chi connectivity index (χ0v) is 29.5. The quantitative estimate of drug-likeness (QED) is 0.125. The fourth-order valence-electron chi connectivity index (χ4n) is 5.76. The maximum atomic E-state index is 13.6. The molecule has 0 atom stereocenters. The molecule has 1 heterocycles. The Morgan fingerprint density at radius 3 is 2.20 bits per heavy atom. The predicted octanol–water partition coefficient (Wildman–Crippen LogP) is 9.11. The van der Waals surface area contributed by atoms with Gasteiger partial charge in [-0.1, -0.05) is 56.1 Å². The zero-order valence-electron chi connectivity index (χ0n) is 28.7. The first-order valence-corrected chi connectivity index (χ1v) is 16.3. The molecule has 0 fully saturated rings. The summed E-state index contributed by atoms with van der Waals surface area (Å²) >= 11 is 6.70. The number of aliphatic hydroxyl groups excluding tert-OH is 1. The Morgan fingerprint density at radius 1 is 0.978 bits per heavy atom. The van der Waals surface area contributed by atoms with E-state index in [1.54, 1.807) is 12.1 Å². The molecule has 0 aliphatic carbocycles. The summed E-state index contributed by atoms with van der Waals surface area (Å²) in [5, 5.41) is 16.8. The first-order chi connectivity index (χ1) is 21.5. The summed E-state index contributed by atoms with van der Waals surface area (Å²) in [5.74, 6) is 0.562. The van der Waals surface area contributed by atoms with Gasteiger partial charge in [0.25, 0.3) is 0 Å². The Balaban J connectivity index is 0.000000552. The second kappa shape index (κ2) is 18.8. The Labute approximate surface area is 275 Å². The van der Waals surface area contributed by atoms with Gasteiger partial charge in [-0.05, 0) is 112 Å². The molecule has 5 nitrogen and oxygen atoms in total. The average Bonchev–Trinajstić information content (AvgIpc) is 3.02. The lowest BCUT2D eigenvalue weighted by Crippen LogP contribution is -2.27. The molecule has 0 aromatic heterocycles. The van der Waals surface area contributed by atoms with Crippen molar-refractivity contribution in [3.8, 4) is 5.75 Å². The van der Waals surface area contributed by atoms with Crippen LogP contribution in [0.15, 0.2) is 59.8 Å². The molecule has 0 radical (unpaired) electrons.